The average molecular weight is 294 g/mol. The number of ether oxygens (including phenoxy) is 1. The van der Waals surface area contributed by atoms with Gasteiger partial charge >= 0.3 is 5.97 Å². The van der Waals surface area contributed by atoms with E-state index in [9.17, 15) is 4.79 Å². The number of methoxy groups -OCH3 is 1. The third kappa shape index (κ3) is 2.64. The summed E-state index contributed by atoms with van der Waals surface area (Å²) in [7, 11) is 1.40. The molecule has 2 aromatic rings. The Morgan fingerprint density at radius 1 is 1.41 bits per heavy atom. The van der Waals surface area contributed by atoms with Gasteiger partial charge in [-0.15, -0.1) is 0 Å². The quantitative estimate of drug-likeness (QED) is 0.817. The van der Waals surface area contributed by atoms with Crippen molar-refractivity contribution in [1.29, 1.82) is 0 Å². The maximum Gasteiger partial charge on any atom is 0.305 e. The Labute approximate surface area is 108 Å². The number of aryl methyl sites for hydroxylation is 1. The molecule has 88 valence electrons. The van der Waals surface area contributed by atoms with Crippen LogP contribution in [0.2, 0.25) is 0 Å². The summed E-state index contributed by atoms with van der Waals surface area (Å²) in [5, 5.41) is 1.06. The molecule has 1 heterocycles. The van der Waals surface area contributed by atoms with Gasteiger partial charge in [0, 0.05) is 22.5 Å². The number of benzene rings is 1. The molecule has 1 aromatic heterocycles. The number of rotatable bonds is 3. The number of aromatic nitrogens is 1. The third-order valence-electron chi connectivity index (χ3n) is 2.63. The van der Waals surface area contributed by atoms with Crippen molar-refractivity contribution in [1.82, 2.24) is 4.98 Å². The predicted octanol–water partition coefficient (Wildman–Crippen LogP) is 3.10. The van der Waals surface area contributed by atoms with Gasteiger partial charge in [0.1, 0.15) is 0 Å². The smallest absolute Gasteiger partial charge is 0.305 e. The monoisotopic (exact) mass is 293 g/mol. The van der Waals surface area contributed by atoms with E-state index in [1.54, 1.807) is 6.20 Å². The molecule has 0 fully saturated rings. The van der Waals surface area contributed by atoms with Crippen LogP contribution in [0.5, 0.6) is 0 Å². The van der Waals surface area contributed by atoms with Gasteiger partial charge in [-0.05, 0) is 24.1 Å². The highest BCUT2D eigenvalue weighted by Crippen LogP contribution is 2.25. The Morgan fingerprint density at radius 3 is 3.00 bits per heavy atom. The van der Waals surface area contributed by atoms with Crippen LogP contribution in [-0.4, -0.2) is 18.1 Å². The molecule has 0 saturated carbocycles. The van der Waals surface area contributed by atoms with Crippen molar-refractivity contribution >= 4 is 32.8 Å². The van der Waals surface area contributed by atoms with Gasteiger partial charge in [0.25, 0.3) is 0 Å². The Kier molecular flexibility index (Phi) is 3.74. The number of halogens is 1. The van der Waals surface area contributed by atoms with E-state index in [0.717, 1.165) is 20.9 Å². The fourth-order valence-corrected chi connectivity index (χ4v) is 2.19. The van der Waals surface area contributed by atoms with Gasteiger partial charge in [-0.25, -0.2) is 0 Å². The molecule has 0 saturated heterocycles. The summed E-state index contributed by atoms with van der Waals surface area (Å²) in [5.74, 6) is -0.197. The lowest BCUT2D eigenvalue weighted by Crippen LogP contribution is -2.02. The zero-order chi connectivity index (χ0) is 12.3. The Balaban J connectivity index is 2.35. The standard InChI is InChI=1S/C13H12BrNO2/c1-17-12(16)7-5-9-4-6-11(14)10-3-2-8-15-13(9)10/h2-4,6,8H,5,7H2,1H3. The van der Waals surface area contributed by atoms with Gasteiger partial charge in [-0.3, -0.25) is 9.78 Å². The van der Waals surface area contributed by atoms with Crippen molar-refractivity contribution in [2.75, 3.05) is 7.11 Å². The molecule has 0 aliphatic rings. The molecule has 17 heavy (non-hydrogen) atoms. The Morgan fingerprint density at radius 2 is 2.24 bits per heavy atom. The normalized spacial score (nSPS) is 10.5. The molecule has 1 aromatic carbocycles. The minimum absolute atomic E-state index is 0.197. The van der Waals surface area contributed by atoms with E-state index in [1.165, 1.54) is 7.11 Å². The van der Waals surface area contributed by atoms with E-state index < -0.39 is 0 Å². The maximum atomic E-state index is 11.1. The molecular formula is C13H12BrNO2. The van der Waals surface area contributed by atoms with Crippen molar-refractivity contribution in [3.8, 4) is 0 Å². The number of pyridine rings is 1. The first kappa shape index (κ1) is 12.0. The summed E-state index contributed by atoms with van der Waals surface area (Å²) in [6.45, 7) is 0. The zero-order valence-electron chi connectivity index (χ0n) is 9.44. The van der Waals surface area contributed by atoms with Crippen molar-refractivity contribution in [2.24, 2.45) is 0 Å². The first-order valence-corrected chi connectivity index (χ1v) is 6.10. The Hall–Kier alpha value is -1.42. The van der Waals surface area contributed by atoms with Gasteiger partial charge in [0.05, 0.1) is 12.6 Å². The largest absolute Gasteiger partial charge is 0.469 e. The number of hydrogen-bond donors (Lipinski definition) is 0. The van der Waals surface area contributed by atoms with Crippen LogP contribution in [-0.2, 0) is 16.0 Å². The average Bonchev–Trinajstić information content (AvgIpc) is 2.38. The van der Waals surface area contributed by atoms with Crippen molar-refractivity contribution in [3.05, 3.63) is 40.5 Å². The van der Waals surface area contributed by atoms with Crippen LogP contribution in [0.4, 0.5) is 0 Å². The van der Waals surface area contributed by atoms with Gasteiger partial charge in [-0.1, -0.05) is 28.1 Å². The van der Waals surface area contributed by atoms with E-state index in [1.807, 2.05) is 24.3 Å². The number of esters is 1. The summed E-state index contributed by atoms with van der Waals surface area (Å²) < 4.78 is 5.66. The lowest BCUT2D eigenvalue weighted by molar-refractivity contribution is -0.140. The van der Waals surface area contributed by atoms with Crippen molar-refractivity contribution in [2.45, 2.75) is 12.8 Å². The second kappa shape index (κ2) is 5.27. The highest BCUT2D eigenvalue weighted by molar-refractivity contribution is 9.10. The second-order valence-electron chi connectivity index (χ2n) is 3.68. The first-order chi connectivity index (χ1) is 8.22. The zero-order valence-corrected chi connectivity index (χ0v) is 11.0. The van der Waals surface area contributed by atoms with Gasteiger partial charge in [-0.2, -0.15) is 0 Å². The predicted molar refractivity (Wildman–Crippen MR) is 69.8 cm³/mol. The lowest BCUT2D eigenvalue weighted by atomic mass is 10.1. The van der Waals surface area contributed by atoms with Crippen LogP contribution in [0.3, 0.4) is 0 Å². The van der Waals surface area contributed by atoms with Gasteiger partial charge < -0.3 is 4.74 Å². The number of carbonyl (C=O) groups is 1. The highest BCUT2D eigenvalue weighted by Gasteiger charge is 2.07. The van der Waals surface area contributed by atoms with Crippen LogP contribution >= 0.6 is 15.9 Å². The molecule has 0 N–H and O–H groups in total. The van der Waals surface area contributed by atoms with E-state index in [2.05, 4.69) is 25.7 Å². The number of hydrogen-bond acceptors (Lipinski definition) is 3. The summed E-state index contributed by atoms with van der Waals surface area (Å²) in [4.78, 5) is 15.5. The van der Waals surface area contributed by atoms with Gasteiger partial charge in [0.15, 0.2) is 0 Å². The molecular weight excluding hydrogens is 282 g/mol. The summed E-state index contributed by atoms with van der Waals surface area (Å²) in [6, 6.07) is 7.88. The van der Waals surface area contributed by atoms with Crippen molar-refractivity contribution in [3.63, 3.8) is 0 Å². The third-order valence-corrected chi connectivity index (χ3v) is 3.32. The molecule has 0 atom stereocenters. The maximum absolute atomic E-state index is 11.1. The van der Waals surface area contributed by atoms with Crippen LogP contribution in [0.15, 0.2) is 34.9 Å². The molecule has 0 bridgehead atoms. The highest BCUT2D eigenvalue weighted by atomic mass is 79.9. The van der Waals surface area contributed by atoms with Crippen LogP contribution < -0.4 is 0 Å². The van der Waals surface area contributed by atoms with E-state index in [0.29, 0.717) is 12.8 Å². The number of carbonyl (C=O) groups excluding carboxylic acids is 1. The fraction of sp³-hybridized carbons (Fsp3) is 0.231. The molecule has 2 rings (SSSR count). The second-order valence-corrected chi connectivity index (χ2v) is 4.54. The number of fused-ring (bicyclic) bond motifs is 1. The summed E-state index contributed by atoms with van der Waals surface area (Å²) in [5.41, 5.74) is 2.00. The molecule has 0 amide bonds. The SMILES string of the molecule is COC(=O)CCc1ccc(Br)c2cccnc12. The van der Waals surface area contributed by atoms with E-state index in [4.69, 9.17) is 0 Å². The topological polar surface area (TPSA) is 39.2 Å². The minimum atomic E-state index is -0.197. The molecule has 0 aliphatic heterocycles. The molecule has 4 heteroatoms. The van der Waals surface area contributed by atoms with Crippen LogP contribution in [0.25, 0.3) is 10.9 Å². The van der Waals surface area contributed by atoms with Gasteiger partial charge in [0.2, 0.25) is 0 Å². The minimum Gasteiger partial charge on any atom is -0.469 e. The van der Waals surface area contributed by atoms with E-state index >= 15 is 0 Å². The molecule has 0 unspecified atom stereocenters. The summed E-state index contributed by atoms with van der Waals surface area (Å²) in [6.07, 6.45) is 2.79. The molecule has 0 radical (unpaired) electrons. The fourth-order valence-electron chi connectivity index (χ4n) is 1.74. The molecule has 3 nitrogen and oxygen atoms in total. The van der Waals surface area contributed by atoms with Crippen LogP contribution in [0.1, 0.15) is 12.0 Å². The van der Waals surface area contributed by atoms with E-state index in [-0.39, 0.29) is 5.97 Å². The lowest BCUT2D eigenvalue weighted by Gasteiger charge is -2.06. The first-order valence-electron chi connectivity index (χ1n) is 5.31. The Bertz CT molecular complexity index is 554. The van der Waals surface area contributed by atoms with Crippen LogP contribution in [0, 0.1) is 0 Å². The molecule has 0 aliphatic carbocycles. The molecule has 0 spiro atoms. The number of nitrogens with zero attached hydrogens (tertiary/aromatic N) is 1. The van der Waals surface area contributed by atoms with Crippen molar-refractivity contribution < 1.29 is 9.53 Å². The summed E-state index contributed by atoms with van der Waals surface area (Å²) >= 11 is 3.49.